The number of aromatic nitrogens is 5. The van der Waals surface area contributed by atoms with E-state index >= 15 is 0 Å². The van der Waals surface area contributed by atoms with Crippen molar-refractivity contribution in [1.82, 2.24) is 24.7 Å². The second-order valence-electron chi connectivity index (χ2n) is 9.77. The molecule has 0 saturated heterocycles. The number of benzene rings is 1. The van der Waals surface area contributed by atoms with Crippen molar-refractivity contribution in [2.75, 3.05) is 11.1 Å². The van der Waals surface area contributed by atoms with Gasteiger partial charge >= 0.3 is 0 Å². The number of nitrogens with zero attached hydrogens (tertiary/aromatic N) is 5. The van der Waals surface area contributed by atoms with Gasteiger partial charge in [0.15, 0.2) is 16.8 Å². The van der Waals surface area contributed by atoms with Gasteiger partial charge in [0.05, 0.1) is 17.0 Å². The molecule has 1 amide bonds. The predicted molar refractivity (Wildman–Crippen MR) is 149 cm³/mol. The number of fused-ring (bicyclic) bond motifs is 1. The smallest absolute Gasteiger partial charge is 0.237 e. The normalized spacial score (nSPS) is 17.8. The molecular formula is C28H28N6O2S2. The van der Waals surface area contributed by atoms with Crippen molar-refractivity contribution in [2.45, 2.75) is 62.1 Å². The molecule has 194 valence electrons. The number of ketones is 1. The molecule has 1 fully saturated rings. The van der Waals surface area contributed by atoms with Gasteiger partial charge in [-0.2, -0.15) is 0 Å². The molecular weight excluding hydrogens is 516 g/mol. The molecule has 3 heterocycles. The second kappa shape index (κ2) is 11.2. The van der Waals surface area contributed by atoms with E-state index in [1.54, 1.807) is 17.5 Å². The van der Waals surface area contributed by atoms with E-state index in [0.29, 0.717) is 30.1 Å². The predicted octanol–water partition coefficient (Wildman–Crippen LogP) is 5.95. The van der Waals surface area contributed by atoms with Gasteiger partial charge in [-0.15, -0.1) is 21.5 Å². The first-order chi connectivity index (χ1) is 18.7. The molecule has 3 aromatic heterocycles. The Morgan fingerprint density at radius 1 is 1.05 bits per heavy atom. The highest BCUT2D eigenvalue weighted by molar-refractivity contribution is 7.99. The molecule has 1 N–H and O–H groups in total. The highest BCUT2D eigenvalue weighted by Crippen LogP contribution is 2.36. The fourth-order valence-electron chi connectivity index (χ4n) is 5.35. The Hall–Kier alpha value is -3.37. The standard InChI is InChI=1S/C28H28N6O2S2/c35-23-15-19(24-12-7-13-37-24)14-22-21(23)16-29-27(30-22)31-25(36)17-38-28-33-32-26(18-8-3-1-4-9-18)34(28)20-10-5-2-6-11-20/h1,3-4,7-9,12-13,16,19-20H,2,5-6,10-11,14-15,17H2,(H,29,30,31,36). The van der Waals surface area contributed by atoms with Crippen LogP contribution in [0.1, 0.15) is 71.4 Å². The van der Waals surface area contributed by atoms with E-state index in [9.17, 15) is 9.59 Å². The lowest BCUT2D eigenvalue weighted by Crippen LogP contribution is -2.22. The third-order valence-electron chi connectivity index (χ3n) is 7.21. The Labute approximate surface area is 229 Å². The fourth-order valence-corrected chi connectivity index (χ4v) is 6.98. The van der Waals surface area contributed by atoms with Gasteiger partial charge in [0.1, 0.15) is 0 Å². The van der Waals surface area contributed by atoms with E-state index in [0.717, 1.165) is 29.4 Å². The van der Waals surface area contributed by atoms with E-state index in [2.05, 4.69) is 36.1 Å². The van der Waals surface area contributed by atoms with E-state index in [-0.39, 0.29) is 29.3 Å². The number of carbonyl (C=O) groups excluding carboxylic acids is 2. The molecule has 2 aliphatic carbocycles. The molecule has 8 nitrogen and oxygen atoms in total. The number of hydrogen-bond acceptors (Lipinski definition) is 8. The lowest BCUT2D eigenvalue weighted by molar-refractivity contribution is -0.113. The Morgan fingerprint density at radius 3 is 2.68 bits per heavy atom. The maximum Gasteiger partial charge on any atom is 0.237 e. The molecule has 38 heavy (non-hydrogen) atoms. The summed E-state index contributed by atoms with van der Waals surface area (Å²) in [7, 11) is 0. The van der Waals surface area contributed by atoms with Crippen LogP contribution < -0.4 is 5.32 Å². The maximum absolute atomic E-state index is 12.9. The third kappa shape index (κ3) is 5.28. The van der Waals surface area contributed by atoms with Gasteiger partial charge in [-0.3, -0.25) is 19.5 Å². The number of thiophene rings is 1. The van der Waals surface area contributed by atoms with Crippen LogP contribution in [0.15, 0.2) is 59.2 Å². The van der Waals surface area contributed by atoms with Crippen LogP contribution in [0, 0.1) is 0 Å². The molecule has 10 heteroatoms. The highest BCUT2D eigenvalue weighted by atomic mass is 32.2. The summed E-state index contributed by atoms with van der Waals surface area (Å²) in [4.78, 5) is 35.6. The van der Waals surface area contributed by atoms with E-state index < -0.39 is 0 Å². The van der Waals surface area contributed by atoms with Crippen molar-refractivity contribution >= 4 is 40.7 Å². The molecule has 6 rings (SSSR count). The van der Waals surface area contributed by atoms with E-state index in [1.165, 1.54) is 35.9 Å². The molecule has 0 aliphatic heterocycles. The minimum atomic E-state index is -0.216. The average Bonchev–Trinajstić information content (AvgIpc) is 3.63. The molecule has 1 aromatic carbocycles. The van der Waals surface area contributed by atoms with Crippen molar-refractivity contribution in [3.63, 3.8) is 0 Å². The summed E-state index contributed by atoms with van der Waals surface area (Å²) in [5.41, 5.74) is 2.28. The number of Topliss-reactive ketones (excluding diaryl/α,β-unsaturated/α-hetero) is 1. The van der Waals surface area contributed by atoms with Crippen LogP contribution in [-0.2, 0) is 11.2 Å². The summed E-state index contributed by atoms with van der Waals surface area (Å²) in [5.74, 6) is 1.20. The van der Waals surface area contributed by atoms with Gasteiger partial charge in [-0.25, -0.2) is 9.97 Å². The molecule has 4 aromatic rings. The van der Waals surface area contributed by atoms with Crippen molar-refractivity contribution in [3.8, 4) is 11.4 Å². The highest BCUT2D eigenvalue weighted by Gasteiger charge is 2.29. The summed E-state index contributed by atoms with van der Waals surface area (Å²) < 4.78 is 2.22. The topological polar surface area (TPSA) is 103 Å². The third-order valence-corrected chi connectivity index (χ3v) is 9.18. The first-order valence-electron chi connectivity index (χ1n) is 13.0. The monoisotopic (exact) mass is 544 g/mol. The van der Waals surface area contributed by atoms with Crippen LogP contribution in [-0.4, -0.2) is 42.2 Å². The van der Waals surface area contributed by atoms with Crippen molar-refractivity contribution in [3.05, 3.63) is 70.2 Å². The first kappa shape index (κ1) is 24.9. The lowest BCUT2D eigenvalue weighted by atomic mass is 9.86. The van der Waals surface area contributed by atoms with Crippen LogP contribution in [0.3, 0.4) is 0 Å². The van der Waals surface area contributed by atoms with Gasteiger partial charge < -0.3 is 0 Å². The summed E-state index contributed by atoms with van der Waals surface area (Å²) in [5, 5.41) is 14.6. The molecule has 0 bridgehead atoms. The number of thioether (sulfide) groups is 1. The van der Waals surface area contributed by atoms with Gasteiger partial charge in [-0.05, 0) is 30.7 Å². The Morgan fingerprint density at radius 2 is 1.89 bits per heavy atom. The zero-order valence-corrected chi connectivity index (χ0v) is 22.5. The molecule has 0 radical (unpaired) electrons. The minimum absolute atomic E-state index is 0.0503. The first-order valence-corrected chi connectivity index (χ1v) is 14.9. The van der Waals surface area contributed by atoms with Crippen LogP contribution in [0.2, 0.25) is 0 Å². The van der Waals surface area contributed by atoms with Gasteiger partial charge in [0.2, 0.25) is 11.9 Å². The van der Waals surface area contributed by atoms with Crippen LogP contribution in [0.5, 0.6) is 0 Å². The number of amides is 1. The molecule has 2 aliphatic rings. The average molecular weight is 545 g/mol. The molecule has 1 saturated carbocycles. The summed E-state index contributed by atoms with van der Waals surface area (Å²) >= 11 is 3.04. The van der Waals surface area contributed by atoms with Crippen molar-refractivity contribution in [2.24, 2.45) is 0 Å². The number of rotatable bonds is 7. The van der Waals surface area contributed by atoms with Gasteiger partial charge in [0.25, 0.3) is 0 Å². The quantitative estimate of drug-likeness (QED) is 0.287. The number of nitrogens with one attached hydrogen (secondary N) is 1. The molecule has 1 unspecified atom stereocenters. The zero-order chi connectivity index (χ0) is 25.9. The minimum Gasteiger partial charge on any atom is -0.299 e. The number of carbonyl (C=O) groups is 2. The largest absolute Gasteiger partial charge is 0.299 e. The number of anilines is 1. The van der Waals surface area contributed by atoms with E-state index in [1.807, 2.05) is 41.8 Å². The van der Waals surface area contributed by atoms with Crippen LogP contribution in [0.25, 0.3) is 11.4 Å². The summed E-state index contributed by atoms with van der Waals surface area (Å²) in [6, 6.07) is 14.5. The van der Waals surface area contributed by atoms with Crippen molar-refractivity contribution in [1.29, 1.82) is 0 Å². The lowest BCUT2D eigenvalue weighted by Gasteiger charge is -2.25. The molecule has 0 spiro atoms. The van der Waals surface area contributed by atoms with Crippen LogP contribution in [0.4, 0.5) is 5.95 Å². The second-order valence-corrected chi connectivity index (χ2v) is 11.7. The summed E-state index contributed by atoms with van der Waals surface area (Å²) in [6.45, 7) is 0. The van der Waals surface area contributed by atoms with Crippen LogP contribution >= 0.6 is 23.1 Å². The zero-order valence-electron chi connectivity index (χ0n) is 20.9. The van der Waals surface area contributed by atoms with E-state index in [4.69, 9.17) is 0 Å². The molecule has 1 atom stereocenters. The SMILES string of the molecule is O=C(CSc1nnc(-c2ccccc2)n1C1CCCCC1)Nc1ncc2c(n1)CC(c1cccs1)CC2=O. The van der Waals surface area contributed by atoms with Crippen molar-refractivity contribution < 1.29 is 9.59 Å². The maximum atomic E-state index is 12.9. The Kier molecular flexibility index (Phi) is 7.33. The number of hydrogen-bond donors (Lipinski definition) is 1. The Bertz CT molecular complexity index is 1430. The van der Waals surface area contributed by atoms with Gasteiger partial charge in [0, 0.05) is 35.0 Å². The fraction of sp³-hybridized carbons (Fsp3) is 0.357. The summed E-state index contributed by atoms with van der Waals surface area (Å²) in [6.07, 6.45) is 8.48. The Balaban J connectivity index is 1.16. The van der Waals surface area contributed by atoms with Gasteiger partial charge in [-0.1, -0.05) is 67.4 Å².